The van der Waals surface area contributed by atoms with Crippen LogP contribution in [0.1, 0.15) is 12.5 Å². The number of nitriles is 1. The number of rotatable bonds is 2. The highest BCUT2D eigenvalue weighted by Crippen LogP contribution is 2.14. The van der Waals surface area contributed by atoms with Gasteiger partial charge >= 0.3 is 0 Å². The average Bonchev–Trinajstić information content (AvgIpc) is 2.09. The molecule has 13 heavy (non-hydrogen) atoms. The molecule has 0 unspecified atom stereocenters. The molecule has 0 amide bonds. The van der Waals surface area contributed by atoms with Gasteiger partial charge in [0.05, 0.1) is 6.07 Å². The minimum atomic E-state index is 0.858. The quantitative estimate of drug-likeness (QED) is 0.696. The van der Waals surface area contributed by atoms with Crippen LogP contribution in [0, 0.1) is 18.3 Å². The van der Waals surface area contributed by atoms with E-state index in [-0.39, 0.29) is 0 Å². The molecular formula is C11H12N2. The minimum absolute atomic E-state index is 0.858. The highest BCUT2D eigenvalue weighted by atomic mass is 14.9. The van der Waals surface area contributed by atoms with Crippen LogP contribution in [0.15, 0.2) is 36.0 Å². The van der Waals surface area contributed by atoms with Crippen LogP contribution < -0.4 is 5.32 Å². The van der Waals surface area contributed by atoms with Crippen molar-refractivity contribution in [3.05, 3.63) is 41.6 Å². The Morgan fingerprint density at radius 1 is 1.46 bits per heavy atom. The van der Waals surface area contributed by atoms with E-state index >= 15 is 0 Å². The molecule has 2 nitrogen and oxygen atoms in total. The molecule has 0 heterocycles. The van der Waals surface area contributed by atoms with Crippen molar-refractivity contribution in [1.29, 1.82) is 5.26 Å². The molecule has 0 saturated carbocycles. The zero-order valence-corrected chi connectivity index (χ0v) is 7.83. The van der Waals surface area contributed by atoms with Crippen LogP contribution in [0.25, 0.3) is 0 Å². The molecule has 0 fully saturated rings. The Balaban J connectivity index is 2.82. The molecule has 1 aromatic carbocycles. The van der Waals surface area contributed by atoms with Crippen molar-refractivity contribution >= 4 is 5.69 Å². The maximum atomic E-state index is 8.42. The molecule has 0 aliphatic carbocycles. The second kappa shape index (κ2) is 4.32. The summed E-state index contributed by atoms with van der Waals surface area (Å²) in [7, 11) is 0. The lowest BCUT2D eigenvalue weighted by atomic mass is 10.2. The van der Waals surface area contributed by atoms with E-state index in [0.717, 1.165) is 11.4 Å². The van der Waals surface area contributed by atoms with Gasteiger partial charge in [-0.3, -0.25) is 0 Å². The zero-order chi connectivity index (χ0) is 9.68. The molecule has 0 aliphatic rings. The van der Waals surface area contributed by atoms with E-state index < -0.39 is 0 Å². The summed E-state index contributed by atoms with van der Waals surface area (Å²) in [6, 6.07) is 9.96. The van der Waals surface area contributed by atoms with Gasteiger partial charge in [0.2, 0.25) is 0 Å². The van der Waals surface area contributed by atoms with Gasteiger partial charge in [-0.2, -0.15) is 5.26 Å². The van der Waals surface area contributed by atoms with E-state index in [1.54, 1.807) is 0 Å². The Labute approximate surface area is 78.5 Å². The maximum absolute atomic E-state index is 8.42. The van der Waals surface area contributed by atoms with Gasteiger partial charge < -0.3 is 5.32 Å². The summed E-state index contributed by atoms with van der Waals surface area (Å²) in [6.07, 6.45) is 1.49. The van der Waals surface area contributed by atoms with Crippen LogP contribution in [0.2, 0.25) is 0 Å². The zero-order valence-electron chi connectivity index (χ0n) is 7.83. The molecule has 0 radical (unpaired) electrons. The van der Waals surface area contributed by atoms with Gasteiger partial charge in [-0.25, -0.2) is 0 Å². The number of nitrogens with one attached hydrogen (secondary N) is 1. The Bertz CT molecular complexity index is 359. The number of para-hydroxylation sites is 1. The minimum Gasteiger partial charge on any atom is -0.358 e. The number of allylic oxidation sites excluding steroid dienone is 2. The average molecular weight is 172 g/mol. The first-order chi connectivity index (χ1) is 6.24. The standard InChI is InChI=1S/C11H12N2/c1-9-5-3-4-6-11(9)13-10(2)7-8-12/h3-7,13H,1-2H3/b10-7+. The molecule has 66 valence electrons. The lowest BCUT2D eigenvalue weighted by Crippen LogP contribution is -1.96. The van der Waals surface area contributed by atoms with Crippen LogP contribution >= 0.6 is 0 Å². The third-order valence-corrected chi connectivity index (χ3v) is 1.76. The van der Waals surface area contributed by atoms with Gasteiger partial charge in [-0.15, -0.1) is 0 Å². The first kappa shape index (κ1) is 9.34. The third kappa shape index (κ3) is 2.64. The van der Waals surface area contributed by atoms with E-state index in [1.807, 2.05) is 44.2 Å². The van der Waals surface area contributed by atoms with Crippen LogP contribution in [0.5, 0.6) is 0 Å². The van der Waals surface area contributed by atoms with Crippen molar-refractivity contribution in [2.24, 2.45) is 0 Å². The second-order valence-corrected chi connectivity index (χ2v) is 2.90. The van der Waals surface area contributed by atoms with Crippen LogP contribution in [0.3, 0.4) is 0 Å². The fraction of sp³-hybridized carbons (Fsp3) is 0.182. The third-order valence-electron chi connectivity index (χ3n) is 1.76. The molecule has 0 spiro atoms. The van der Waals surface area contributed by atoms with Crippen molar-refractivity contribution in [3.8, 4) is 6.07 Å². The number of nitrogens with zero attached hydrogens (tertiary/aromatic N) is 1. The van der Waals surface area contributed by atoms with E-state index in [1.165, 1.54) is 11.6 Å². The number of hydrogen-bond donors (Lipinski definition) is 1. The van der Waals surface area contributed by atoms with Gasteiger partial charge in [0.1, 0.15) is 0 Å². The smallest absolute Gasteiger partial charge is 0.0930 e. The van der Waals surface area contributed by atoms with Gasteiger partial charge in [0, 0.05) is 17.5 Å². The Hall–Kier alpha value is -1.75. The summed E-state index contributed by atoms with van der Waals surface area (Å²) in [5.74, 6) is 0. The monoisotopic (exact) mass is 172 g/mol. The Morgan fingerprint density at radius 2 is 2.15 bits per heavy atom. The summed E-state index contributed by atoms with van der Waals surface area (Å²) >= 11 is 0. The largest absolute Gasteiger partial charge is 0.358 e. The molecule has 1 aromatic rings. The molecule has 1 rings (SSSR count). The number of anilines is 1. The first-order valence-electron chi connectivity index (χ1n) is 4.13. The van der Waals surface area contributed by atoms with Crippen LogP contribution in [-0.2, 0) is 0 Å². The highest BCUT2D eigenvalue weighted by Gasteiger charge is 1.95. The van der Waals surface area contributed by atoms with E-state index in [2.05, 4.69) is 5.32 Å². The summed E-state index contributed by atoms with van der Waals surface area (Å²) in [5.41, 5.74) is 3.08. The summed E-state index contributed by atoms with van der Waals surface area (Å²) < 4.78 is 0. The maximum Gasteiger partial charge on any atom is 0.0930 e. The fourth-order valence-electron chi connectivity index (χ4n) is 1.06. The molecule has 0 aromatic heterocycles. The van der Waals surface area contributed by atoms with E-state index in [4.69, 9.17) is 5.26 Å². The molecule has 0 aliphatic heterocycles. The highest BCUT2D eigenvalue weighted by molar-refractivity contribution is 5.54. The molecule has 1 N–H and O–H groups in total. The number of aryl methyl sites for hydroxylation is 1. The van der Waals surface area contributed by atoms with E-state index in [9.17, 15) is 0 Å². The van der Waals surface area contributed by atoms with Crippen molar-refractivity contribution in [2.45, 2.75) is 13.8 Å². The van der Waals surface area contributed by atoms with Crippen molar-refractivity contribution in [2.75, 3.05) is 5.32 Å². The number of benzene rings is 1. The molecule has 0 bridgehead atoms. The van der Waals surface area contributed by atoms with Crippen molar-refractivity contribution < 1.29 is 0 Å². The van der Waals surface area contributed by atoms with Crippen LogP contribution in [-0.4, -0.2) is 0 Å². The van der Waals surface area contributed by atoms with Crippen molar-refractivity contribution in [1.82, 2.24) is 0 Å². The summed E-state index contributed by atoms with van der Waals surface area (Å²) in [6.45, 7) is 3.90. The van der Waals surface area contributed by atoms with Gasteiger partial charge in [0.25, 0.3) is 0 Å². The SMILES string of the molecule is C/C(=C\C#N)Nc1ccccc1C. The van der Waals surface area contributed by atoms with Gasteiger partial charge in [0.15, 0.2) is 0 Å². The first-order valence-corrected chi connectivity index (χ1v) is 4.13. The van der Waals surface area contributed by atoms with Crippen LogP contribution in [0.4, 0.5) is 5.69 Å². The summed E-state index contributed by atoms with van der Waals surface area (Å²) in [5, 5.41) is 11.6. The topological polar surface area (TPSA) is 35.8 Å². The second-order valence-electron chi connectivity index (χ2n) is 2.90. The fourth-order valence-corrected chi connectivity index (χ4v) is 1.06. The van der Waals surface area contributed by atoms with Gasteiger partial charge in [-0.05, 0) is 25.5 Å². The molecule has 0 saturated heterocycles. The number of hydrogen-bond acceptors (Lipinski definition) is 2. The normalized spacial score (nSPS) is 10.7. The Morgan fingerprint density at radius 3 is 2.77 bits per heavy atom. The lowest BCUT2D eigenvalue weighted by molar-refractivity contribution is 1.33. The van der Waals surface area contributed by atoms with Crippen molar-refractivity contribution in [3.63, 3.8) is 0 Å². The Kier molecular flexibility index (Phi) is 3.10. The molecular weight excluding hydrogens is 160 g/mol. The predicted octanol–water partition coefficient (Wildman–Crippen LogP) is 2.83. The molecule has 0 atom stereocenters. The molecule has 2 heteroatoms. The lowest BCUT2D eigenvalue weighted by Gasteiger charge is -2.07. The van der Waals surface area contributed by atoms with Gasteiger partial charge in [-0.1, -0.05) is 18.2 Å². The predicted molar refractivity (Wildman–Crippen MR) is 54.2 cm³/mol. The summed E-state index contributed by atoms with van der Waals surface area (Å²) in [4.78, 5) is 0. The van der Waals surface area contributed by atoms with E-state index in [0.29, 0.717) is 0 Å².